The number of ether oxygens (including phenoxy) is 2. The van der Waals surface area contributed by atoms with E-state index in [0.717, 1.165) is 95.4 Å². The van der Waals surface area contributed by atoms with Gasteiger partial charge in [-0.05, 0) is 200 Å². The number of rotatable bonds is 5. The van der Waals surface area contributed by atoms with Gasteiger partial charge in [-0.1, -0.05) is 182 Å². The molecule has 17 nitrogen and oxygen atoms in total. The number of ketones is 4. The van der Waals surface area contributed by atoms with Crippen LogP contribution in [-0.2, 0) is 37.3 Å². The summed E-state index contributed by atoms with van der Waals surface area (Å²) in [6, 6.07) is 76.9. The number of aromatic nitrogens is 1. The summed E-state index contributed by atoms with van der Waals surface area (Å²) in [5.41, 5.74) is 61.6. The van der Waals surface area contributed by atoms with E-state index in [2.05, 4.69) is 65.0 Å². The normalized spacial score (nSPS) is 14.3. The van der Waals surface area contributed by atoms with Crippen molar-refractivity contribution >= 4 is 74.4 Å². The number of benzene rings is 11. The van der Waals surface area contributed by atoms with E-state index in [4.69, 9.17) is 43.9 Å². The number of hydrogen-bond donors (Lipinski definition) is 9. The van der Waals surface area contributed by atoms with Gasteiger partial charge in [-0.15, -0.1) is 0 Å². The number of hydrogen-bond acceptors (Lipinski definition) is 16. The van der Waals surface area contributed by atoms with Gasteiger partial charge < -0.3 is 59.5 Å². The number of anilines is 5. The van der Waals surface area contributed by atoms with Crippen LogP contribution in [0.3, 0.4) is 0 Å². The minimum Gasteiger partial charge on any atom is -0.466 e. The Morgan fingerprint density at radius 2 is 0.873 bits per heavy atom. The van der Waals surface area contributed by atoms with Gasteiger partial charge in [0.1, 0.15) is 0 Å². The van der Waals surface area contributed by atoms with Crippen molar-refractivity contribution in [3.05, 3.63) is 338 Å². The molecule has 17 heteroatoms. The number of H-pyrrole nitrogens is 1. The lowest BCUT2D eigenvalue weighted by molar-refractivity contribution is -0.137. The second-order valence-corrected chi connectivity index (χ2v) is 27.9. The monoisotopic (exact) mass is 1460 g/mol. The van der Waals surface area contributed by atoms with Gasteiger partial charge in [0.05, 0.1) is 36.8 Å². The lowest BCUT2D eigenvalue weighted by Gasteiger charge is -2.34. The summed E-state index contributed by atoms with van der Waals surface area (Å²) in [5, 5.41) is 7.83. The van der Waals surface area contributed by atoms with E-state index in [9.17, 15) is 28.8 Å². The number of allylic oxidation sites excluding steroid dienone is 2. The molecular formula is C93H87N9O8. The first-order valence-electron chi connectivity index (χ1n) is 36.6. The number of methoxy groups -OCH3 is 2. The molecule has 1 fully saturated rings. The highest BCUT2D eigenvalue weighted by atomic mass is 16.5. The summed E-state index contributed by atoms with van der Waals surface area (Å²) < 4.78 is 9.79. The summed E-state index contributed by atoms with van der Waals surface area (Å²) in [6.45, 7) is 8.75. The molecule has 2 aliphatic heterocycles. The van der Waals surface area contributed by atoms with Gasteiger partial charge in [0.15, 0.2) is 23.1 Å². The highest BCUT2D eigenvalue weighted by molar-refractivity contribution is 6.25. The van der Waals surface area contributed by atoms with Crippen LogP contribution < -0.4 is 45.0 Å². The van der Waals surface area contributed by atoms with Gasteiger partial charge in [-0.3, -0.25) is 19.2 Å². The van der Waals surface area contributed by atoms with Crippen molar-refractivity contribution < 1.29 is 38.2 Å². The number of para-hydroxylation sites is 1. The Morgan fingerprint density at radius 3 is 1.48 bits per heavy atom. The Morgan fingerprint density at radius 1 is 0.427 bits per heavy atom. The first kappa shape index (κ1) is 75.0. The summed E-state index contributed by atoms with van der Waals surface area (Å²) in [6.07, 6.45) is 6.31. The van der Waals surface area contributed by atoms with Gasteiger partial charge in [-0.2, -0.15) is 0 Å². The fraction of sp³-hybridized carbons (Fsp3) is 0.161. The molecule has 1 aromatic heterocycles. The van der Waals surface area contributed by atoms with E-state index < -0.39 is 17.9 Å². The standard InChI is InChI=1S/C17H20N2O4.4C13H9NO.C13H17N.C11H14N2/c1-9-13(16(20)22-3)15(11-6-5-7-12(18)8-11)14(10(2)19-9)17(21)23-4;14-11-7-3-6-9-8-4-1-2-5-10(8)13(15)12(9)11;14-11-7-3-6-10-12(11)8-4-1-2-5-9(8)13(10)15;14-8-5-6-10-9-3-1-2-4-11(9)13(15)12(10)7-8;14-8-5-6-11-12(7-8)9-3-1-2-4-10(9)13(11)15;1-2-4-12-11(3-1)5-6-13(12)7-9-14-10-8-13;1-8-9(6-7-12)10-4-2-3-5-11(10)13-8/h5-8,15,19H,18H2,1-4H3;4*1-7H,14H2;1-4,14H,5-10H2;2-5,13H,6-7,12H2,1H3. The number of piperidine rings is 1. The maximum atomic E-state index is 12.3. The lowest BCUT2D eigenvalue weighted by Crippen LogP contribution is -2.38. The summed E-state index contributed by atoms with van der Waals surface area (Å²) >= 11 is 0. The molecule has 19 rings (SSSR count). The molecule has 1 saturated heterocycles. The molecule has 0 saturated carbocycles. The van der Waals surface area contributed by atoms with Crippen LogP contribution in [0.2, 0.25) is 0 Å². The van der Waals surface area contributed by atoms with Crippen LogP contribution in [0.1, 0.15) is 131 Å². The average Bonchev–Trinajstić information content (AvgIpc) is 1.36. The molecule has 3 heterocycles. The number of carbonyl (C=O) groups excluding carboxylic acids is 6. The zero-order valence-corrected chi connectivity index (χ0v) is 62.1. The topological polar surface area (TPSA) is 317 Å². The summed E-state index contributed by atoms with van der Waals surface area (Å²) in [4.78, 5) is 75.9. The van der Waals surface area contributed by atoms with Crippen molar-refractivity contribution in [2.45, 2.75) is 64.2 Å². The maximum Gasteiger partial charge on any atom is 0.336 e. The molecule has 5 aliphatic carbocycles. The number of aromatic amines is 1. The quantitative estimate of drug-likeness (QED) is 0.0571. The number of nitrogen functional groups attached to an aromatic ring is 5. The molecule has 0 bridgehead atoms. The van der Waals surface area contributed by atoms with Crippen LogP contribution in [0.4, 0.5) is 28.4 Å². The van der Waals surface area contributed by atoms with Crippen molar-refractivity contribution in [3.63, 3.8) is 0 Å². The average molecular weight is 1460 g/mol. The van der Waals surface area contributed by atoms with E-state index in [1.807, 2.05) is 158 Å². The van der Waals surface area contributed by atoms with Gasteiger partial charge in [0.2, 0.25) is 0 Å². The second kappa shape index (κ2) is 32.5. The van der Waals surface area contributed by atoms with Crippen molar-refractivity contribution in [2.24, 2.45) is 5.73 Å². The number of dihydropyridines is 1. The maximum absolute atomic E-state index is 12.3. The minimum absolute atomic E-state index is 0.0405. The van der Waals surface area contributed by atoms with E-state index in [-0.39, 0.29) is 23.1 Å². The highest BCUT2D eigenvalue weighted by Gasteiger charge is 2.40. The third-order valence-corrected chi connectivity index (χ3v) is 21.3. The van der Waals surface area contributed by atoms with Crippen LogP contribution >= 0.6 is 0 Å². The van der Waals surface area contributed by atoms with Crippen LogP contribution in [0, 0.1) is 6.92 Å². The predicted octanol–water partition coefficient (Wildman–Crippen LogP) is 16.0. The fourth-order valence-corrected chi connectivity index (χ4v) is 16.1. The number of fused-ring (bicyclic) bond motifs is 15. The Hall–Kier alpha value is -13.2. The van der Waals surface area contributed by atoms with Crippen molar-refractivity contribution in [3.8, 4) is 44.5 Å². The van der Waals surface area contributed by atoms with Crippen LogP contribution in [0.25, 0.3) is 55.4 Å². The molecule has 0 atom stereocenters. The second-order valence-electron chi connectivity index (χ2n) is 27.9. The predicted molar refractivity (Wildman–Crippen MR) is 439 cm³/mol. The Labute approximate surface area is 639 Å². The fourth-order valence-electron chi connectivity index (χ4n) is 16.1. The largest absolute Gasteiger partial charge is 0.466 e. The van der Waals surface area contributed by atoms with Gasteiger partial charge >= 0.3 is 11.9 Å². The van der Waals surface area contributed by atoms with Crippen LogP contribution in [-0.4, -0.2) is 73.9 Å². The molecule has 7 aliphatic rings. The minimum atomic E-state index is -0.598. The van der Waals surface area contributed by atoms with E-state index >= 15 is 0 Å². The van der Waals surface area contributed by atoms with E-state index in [1.165, 1.54) is 75.2 Å². The van der Waals surface area contributed by atoms with Crippen molar-refractivity contribution in [1.82, 2.24) is 15.6 Å². The molecule has 11 aromatic carbocycles. The zero-order chi connectivity index (χ0) is 77.5. The number of nitrogens with two attached hydrogens (primary N) is 6. The molecule has 0 unspecified atom stereocenters. The molecule has 552 valence electrons. The van der Waals surface area contributed by atoms with Crippen LogP contribution in [0.5, 0.6) is 0 Å². The van der Waals surface area contributed by atoms with Crippen LogP contribution in [0.15, 0.2) is 265 Å². The zero-order valence-electron chi connectivity index (χ0n) is 62.1. The molecule has 0 amide bonds. The smallest absolute Gasteiger partial charge is 0.336 e. The first-order chi connectivity index (χ1) is 53.3. The van der Waals surface area contributed by atoms with Crippen molar-refractivity contribution in [1.29, 1.82) is 0 Å². The Bertz CT molecular complexity index is 5640. The van der Waals surface area contributed by atoms with Crippen molar-refractivity contribution in [2.75, 3.05) is 62.5 Å². The van der Waals surface area contributed by atoms with Gasteiger partial charge in [-0.25, -0.2) is 9.59 Å². The number of nitrogens with one attached hydrogen (secondary N) is 3. The number of carbonyl (C=O) groups is 6. The van der Waals surface area contributed by atoms with E-state index in [0.29, 0.717) is 68.5 Å². The highest BCUT2D eigenvalue weighted by Crippen LogP contribution is 2.47. The molecule has 110 heavy (non-hydrogen) atoms. The SMILES string of the molecule is COC(=O)C1=C(C)NC(C)=C(C(=O)OC)C1c1cccc(N)c1.Cc1[nH]c2ccccc2c1CCN.Nc1ccc2c(c1)-c1ccccc1C2=O.Nc1ccc2c(c1)C(=O)c1ccccc1-2.Nc1cccc2c1-c1ccccc1C2=O.Nc1cccc2c1C(=O)c1ccccc1-2.c1ccc2c(c1)CCC21CCNCC1. The number of esters is 2. The Balaban J connectivity index is 0.000000114. The van der Waals surface area contributed by atoms with Gasteiger partial charge in [0, 0.05) is 101 Å². The summed E-state index contributed by atoms with van der Waals surface area (Å²) in [5.74, 6) is -1.31. The molecule has 12 aromatic rings. The molecular weight excluding hydrogens is 1370 g/mol. The van der Waals surface area contributed by atoms with E-state index in [1.54, 1.807) is 67.4 Å². The molecule has 0 radical (unpaired) electrons. The lowest BCUT2D eigenvalue weighted by atomic mass is 9.74. The number of aryl methyl sites for hydroxylation is 2. The third kappa shape index (κ3) is 14.7. The molecule has 1 spiro atoms. The van der Waals surface area contributed by atoms with Gasteiger partial charge in [0.25, 0.3) is 0 Å². The molecule has 15 N–H and O–H groups in total. The third-order valence-electron chi connectivity index (χ3n) is 21.3. The summed E-state index contributed by atoms with van der Waals surface area (Å²) in [7, 11) is 2.62. The Kier molecular flexibility index (Phi) is 22.1. The first-order valence-corrected chi connectivity index (χ1v) is 36.6.